The Morgan fingerprint density at radius 3 is 2.29 bits per heavy atom. The first-order valence-electron chi connectivity index (χ1n) is 6.49. The molecule has 1 aliphatic heterocycles. The summed E-state index contributed by atoms with van der Waals surface area (Å²) in [5, 5.41) is 9.83. The lowest BCUT2D eigenvalue weighted by molar-refractivity contribution is 0.0263. The lowest BCUT2D eigenvalue weighted by atomic mass is 10.1. The molecular formula is C12H18Br2N2O3S2. The van der Waals surface area contributed by atoms with Crippen LogP contribution in [0.2, 0.25) is 0 Å². The van der Waals surface area contributed by atoms with Crippen LogP contribution in [0.5, 0.6) is 0 Å². The molecule has 2 heterocycles. The Morgan fingerprint density at radius 2 is 1.86 bits per heavy atom. The zero-order chi connectivity index (χ0) is 15.8. The minimum Gasteiger partial charge on any atom is -0.389 e. The normalized spacial score (nSPS) is 19.1. The second kappa shape index (κ2) is 6.54. The summed E-state index contributed by atoms with van der Waals surface area (Å²) in [7, 11) is -3.46. The van der Waals surface area contributed by atoms with Gasteiger partial charge in [0.05, 0.1) is 13.2 Å². The standard InChI is InChI=1S/C12H18Br2N2O3S2/c1-12(2,17)8-15-3-5-16(6-4-15)21(18,19)9-7-10(13)20-11(9)14/h7,17H,3-6,8H2,1-2H3. The third kappa shape index (κ3) is 4.49. The second-order valence-electron chi connectivity index (χ2n) is 5.68. The minimum atomic E-state index is -3.46. The highest BCUT2D eigenvalue weighted by atomic mass is 79.9. The molecule has 0 amide bonds. The Balaban J connectivity index is 2.06. The van der Waals surface area contributed by atoms with E-state index in [9.17, 15) is 13.5 Å². The van der Waals surface area contributed by atoms with E-state index in [1.165, 1.54) is 15.6 Å². The van der Waals surface area contributed by atoms with Gasteiger partial charge in [0.15, 0.2) is 0 Å². The van der Waals surface area contributed by atoms with Crippen LogP contribution >= 0.6 is 43.2 Å². The van der Waals surface area contributed by atoms with Crippen LogP contribution < -0.4 is 0 Å². The Bertz CT molecular complexity index is 603. The maximum atomic E-state index is 12.6. The highest BCUT2D eigenvalue weighted by molar-refractivity contribution is 9.12. The van der Waals surface area contributed by atoms with Crippen LogP contribution in [-0.2, 0) is 10.0 Å². The lowest BCUT2D eigenvalue weighted by Crippen LogP contribution is -2.51. The second-order valence-corrected chi connectivity index (χ2v) is 11.3. The van der Waals surface area contributed by atoms with Gasteiger partial charge in [0.1, 0.15) is 4.90 Å². The molecule has 0 unspecified atom stereocenters. The zero-order valence-electron chi connectivity index (χ0n) is 11.8. The fourth-order valence-electron chi connectivity index (χ4n) is 2.32. The summed E-state index contributed by atoms with van der Waals surface area (Å²) < 4.78 is 28.2. The smallest absolute Gasteiger partial charge is 0.245 e. The molecule has 0 atom stereocenters. The van der Waals surface area contributed by atoms with Crippen LogP contribution in [0.25, 0.3) is 0 Å². The van der Waals surface area contributed by atoms with E-state index in [-0.39, 0.29) is 0 Å². The van der Waals surface area contributed by atoms with E-state index < -0.39 is 15.6 Å². The first kappa shape index (κ1) is 17.8. The molecule has 9 heteroatoms. The SMILES string of the molecule is CC(C)(O)CN1CCN(S(=O)(=O)c2cc(Br)sc2Br)CC1. The van der Waals surface area contributed by atoms with Crippen LogP contribution in [-0.4, -0.2) is 61.1 Å². The molecule has 1 saturated heterocycles. The first-order chi connectivity index (χ1) is 9.59. The van der Waals surface area contributed by atoms with Crippen molar-refractivity contribution in [3.8, 4) is 0 Å². The summed E-state index contributed by atoms with van der Waals surface area (Å²) in [5.74, 6) is 0. The van der Waals surface area contributed by atoms with Gasteiger partial charge in [-0.1, -0.05) is 0 Å². The number of aliphatic hydroxyl groups is 1. The van der Waals surface area contributed by atoms with Crippen molar-refractivity contribution in [2.24, 2.45) is 0 Å². The van der Waals surface area contributed by atoms with Crippen molar-refractivity contribution < 1.29 is 13.5 Å². The van der Waals surface area contributed by atoms with E-state index >= 15 is 0 Å². The third-order valence-electron chi connectivity index (χ3n) is 3.19. The number of hydrogen-bond acceptors (Lipinski definition) is 5. The number of rotatable bonds is 4. The molecule has 0 radical (unpaired) electrons. The molecule has 1 N–H and O–H groups in total. The average molecular weight is 462 g/mol. The maximum Gasteiger partial charge on any atom is 0.245 e. The van der Waals surface area contributed by atoms with Crippen molar-refractivity contribution in [2.75, 3.05) is 32.7 Å². The van der Waals surface area contributed by atoms with Crippen molar-refractivity contribution >= 4 is 53.2 Å². The number of hydrogen-bond donors (Lipinski definition) is 1. The molecule has 0 aliphatic carbocycles. The summed E-state index contributed by atoms with van der Waals surface area (Å²) in [6.07, 6.45) is 0. The van der Waals surface area contributed by atoms with Crippen LogP contribution in [0, 0.1) is 0 Å². The van der Waals surface area contributed by atoms with Gasteiger partial charge < -0.3 is 5.11 Å². The molecule has 1 fully saturated rings. The number of thiophene rings is 1. The predicted octanol–water partition coefficient (Wildman–Crippen LogP) is 2.35. The average Bonchev–Trinajstić information content (AvgIpc) is 2.68. The third-order valence-corrected chi connectivity index (χ3v) is 7.84. The summed E-state index contributed by atoms with van der Waals surface area (Å²) in [6, 6.07) is 1.63. The van der Waals surface area contributed by atoms with Gasteiger partial charge in [-0.3, -0.25) is 4.90 Å². The molecular weight excluding hydrogens is 444 g/mol. The van der Waals surface area contributed by atoms with Gasteiger partial charge in [-0.15, -0.1) is 11.3 Å². The van der Waals surface area contributed by atoms with Crippen molar-refractivity contribution in [1.82, 2.24) is 9.21 Å². The largest absolute Gasteiger partial charge is 0.389 e. The molecule has 0 spiro atoms. The van der Waals surface area contributed by atoms with Crippen LogP contribution in [0.15, 0.2) is 18.5 Å². The topological polar surface area (TPSA) is 60.9 Å². The summed E-state index contributed by atoms with van der Waals surface area (Å²) >= 11 is 7.97. The molecule has 0 aromatic carbocycles. The molecule has 120 valence electrons. The number of β-amino-alcohol motifs (C(OH)–C–C–N with tert-alkyl or cyclic N) is 1. The minimum absolute atomic E-state index is 0.315. The van der Waals surface area contributed by atoms with Gasteiger partial charge in [0.2, 0.25) is 10.0 Å². The molecule has 0 saturated carbocycles. The number of sulfonamides is 1. The number of halogens is 2. The highest BCUT2D eigenvalue weighted by Gasteiger charge is 2.32. The van der Waals surface area contributed by atoms with E-state index in [2.05, 4.69) is 36.8 Å². The molecule has 2 rings (SSSR count). The fourth-order valence-corrected chi connectivity index (χ4v) is 7.50. The van der Waals surface area contributed by atoms with Crippen molar-refractivity contribution in [3.05, 3.63) is 13.6 Å². The van der Waals surface area contributed by atoms with E-state index in [1.807, 2.05) is 0 Å². The lowest BCUT2D eigenvalue weighted by Gasteiger charge is -2.36. The van der Waals surface area contributed by atoms with Crippen LogP contribution in [0.1, 0.15) is 13.8 Å². The van der Waals surface area contributed by atoms with Crippen LogP contribution in [0.4, 0.5) is 0 Å². The van der Waals surface area contributed by atoms with Crippen LogP contribution in [0.3, 0.4) is 0 Å². The van der Waals surface area contributed by atoms with Crippen molar-refractivity contribution in [3.63, 3.8) is 0 Å². The Kier molecular flexibility index (Phi) is 5.56. The summed E-state index contributed by atoms with van der Waals surface area (Å²) in [4.78, 5) is 2.40. The fraction of sp³-hybridized carbons (Fsp3) is 0.667. The molecule has 1 aromatic heterocycles. The maximum absolute atomic E-state index is 12.6. The van der Waals surface area contributed by atoms with E-state index in [1.54, 1.807) is 19.9 Å². The zero-order valence-corrected chi connectivity index (χ0v) is 16.6. The van der Waals surface area contributed by atoms with Gasteiger partial charge >= 0.3 is 0 Å². The van der Waals surface area contributed by atoms with E-state index in [0.29, 0.717) is 41.4 Å². The van der Waals surface area contributed by atoms with Crippen molar-refractivity contribution in [1.29, 1.82) is 0 Å². The van der Waals surface area contributed by atoms with E-state index in [0.717, 1.165) is 3.79 Å². The van der Waals surface area contributed by atoms with Crippen molar-refractivity contribution in [2.45, 2.75) is 24.3 Å². The summed E-state index contributed by atoms with van der Waals surface area (Å²) in [5.41, 5.74) is -0.762. The Morgan fingerprint density at radius 1 is 1.29 bits per heavy atom. The Labute approximate surface area is 146 Å². The molecule has 21 heavy (non-hydrogen) atoms. The molecule has 0 bridgehead atoms. The number of piperazine rings is 1. The first-order valence-corrected chi connectivity index (χ1v) is 10.3. The summed E-state index contributed by atoms with van der Waals surface area (Å²) in [6.45, 7) is 6.22. The monoisotopic (exact) mass is 460 g/mol. The number of nitrogens with zero attached hydrogens (tertiary/aromatic N) is 2. The molecule has 5 nitrogen and oxygen atoms in total. The molecule has 1 aromatic rings. The van der Waals surface area contributed by atoms with Gasteiger partial charge in [-0.25, -0.2) is 8.42 Å². The Hall–Kier alpha value is 0.490. The predicted molar refractivity (Wildman–Crippen MR) is 91.2 cm³/mol. The van der Waals surface area contributed by atoms with Gasteiger partial charge in [-0.05, 0) is 51.8 Å². The van der Waals surface area contributed by atoms with Gasteiger partial charge in [-0.2, -0.15) is 4.31 Å². The van der Waals surface area contributed by atoms with Gasteiger partial charge in [0, 0.05) is 32.7 Å². The van der Waals surface area contributed by atoms with Gasteiger partial charge in [0.25, 0.3) is 0 Å². The molecule has 1 aliphatic rings. The van der Waals surface area contributed by atoms with E-state index in [4.69, 9.17) is 0 Å². The quantitative estimate of drug-likeness (QED) is 0.747. The highest BCUT2D eigenvalue weighted by Crippen LogP contribution is 2.36.